The van der Waals surface area contributed by atoms with Gasteiger partial charge in [0.1, 0.15) is 11.6 Å². The number of amides is 1. The molecule has 2 aliphatic rings. The molecule has 1 aromatic carbocycles. The van der Waals surface area contributed by atoms with Gasteiger partial charge in [-0.05, 0) is 36.3 Å². The molecular weight excluding hydrogens is 310 g/mol. The maximum absolute atomic E-state index is 13.6. The Morgan fingerprint density at radius 3 is 2.73 bits per heavy atom. The average Bonchev–Trinajstić information content (AvgIpc) is 2.87. The van der Waals surface area contributed by atoms with Crippen molar-refractivity contribution in [1.82, 2.24) is 4.90 Å². The molecule has 1 aromatic rings. The number of carbonyl (C=O) groups excluding carboxylic acids is 1. The fourth-order valence-electron chi connectivity index (χ4n) is 3.66. The minimum atomic E-state index is -0.656. The molecule has 3 nitrogen and oxygen atoms in total. The van der Waals surface area contributed by atoms with E-state index in [2.05, 4.69) is 0 Å². The van der Waals surface area contributed by atoms with Crippen LogP contribution in [0.3, 0.4) is 0 Å². The predicted molar refractivity (Wildman–Crippen MR) is 82.7 cm³/mol. The molecule has 2 fully saturated rings. The van der Waals surface area contributed by atoms with Gasteiger partial charge in [-0.1, -0.05) is 12.5 Å². The van der Waals surface area contributed by atoms with E-state index in [4.69, 9.17) is 5.73 Å². The number of likely N-dealkylation sites (tertiary alicyclic amines) is 1. The molecule has 122 valence electrons. The number of hydrogen-bond acceptors (Lipinski definition) is 2. The average molecular weight is 331 g/mol. The third-order valence-corrected chi connectivity index (χ3v) is 4.86. The normalized spacial score (nSPS) is 27.2. The van der Waals surface area contributed by atoms with Gasteiger partial charge in [-0.15, -0.1) is 12.4 Å². The number of carbonyl (C=O) groups is 1. The molecule has 2 N–H and O–H groups in total. The predicted octanol–water partition coefficient (Wildman–Crippen LogP) is 2.51. The van der Waals surface area contributed by atoms with Crippen LogP contribution in [0.5, 0.6) is 0 Å². The summed E-state index contributed by atoms with van der Waals surface area (Å²) in [5.41, 5.74) is 6.39. The molecule has 0 radical (unpaired) electrons. The van der Waals surface area contributed by atoms with E-state index >= 15 is 0 Å². The van der Waals surface area contributed by atoms with Crippen molar-refractivity contribution < 1.29 is 13.6 Å². The Morgan fingerprint density at radius 1 is 1.27 bits per heavy atom. The first kappa shape index (κ1) is 17.2. The van der Waals surface area contributed by atoms with Crippen molar-refractivity contribution in [2.45, 2.75) is 31.7 Å². The van der Waals surface area contributed by atoms with Crippen LogP contribution in [-0.2, 0) is 11.2 Å². The fraction of sp³-hybridized carbons (Fsp3) is 0.562. The van der Waals surface area contributed by atoms with E-state index in [0.717, 1.165) is 31.9 Å². The van der Waals surface area contributed by atoms with Crippen molar-refractivity contribution >= 4 is 18.3 Å². The standard InChI is InChI=1S/C16H20F2N2O.ClH/c17-12-5-4-10(14(18)7-12)6-16(21)20-8-11-2-1-3-15(19)13(11)9-20;/h4-5,7,11,13,15H,1-3,6,8-9,19H2;1H. The fourth-order valence-corrected chi connectivity index (χ4v) is 3.66. The lowest BCUT2D eigenvalue weighted by atomic mass is 9.78. The number of fused-ring (bicyclic) bond motifs is 1. The van der Waals surface area contributed by atoms with Crippen LogP contribution in [0.4, 0.5) is 8.78 Å². The minimum Gasteiger partial charge on any atom is -0.342 e. The molecule has 0 spiro atoms. The summed E-state index contributed by atoms with van der Waals surface area (Å²) in [6.45, 7) is 1.40. The van der Waals surface area contributed by atoms with Crippen molar-refractivity contribution in [3.63, 3.8) is 0 Å². The zero-order chi connectivity index (χ0) is 15.0. The third kappa shape index (κ3) is 3.41. The zero-order valence-corrected chi connectivity index (χ0v) is 13.1. The van der Waals surface area contributed by atoms with Crippen LogP contribution in [0.25, 0.3) is 0 Å². The van der Waals surface area contributed by atoms with Gasteiger partial charge in [0.15, 0.2) is 0 Å². The second-order valence-electron chi connectivity index (χ2n) is 6.23. The molecule has 0 aromatic heterocycles. The molecule has 0 bridgehead atoms. The van der Waals surface area contributed by atoms with Gasteiger partial charge in [-0.2, -0.15) is 0 Å². The lowest BCUT2D eigenvalue weighted by molar-refractivity contribution is -0.129. The summed E-state index contributed by atoms with van der Waals surface area (Å²) in [5, 5.41) is 0. The SMILES string of the molecule is Cl.NC1CCCC2CN(C(=O)Cc3ccc(F)cc3F)CC12. The summed E-state index contributed by atoms with van der Waals surface area (Å²) in [5.74, 6) is -0.517. The van der Waals surface area contributed by atoms with Crippen molar-refractivity contribution in [3.8, 4) is 0 Å². The smallest absolute Gasteiger partial charge is 0.227 e. The van der Waals surface area contributed by atoms with Crippen LogP contribution in [0.1, 0.15) is 24.8 Å². The summed E-state index contributed by atoms with van der Waals surface area (Å²) < 4.78 is 26.5. The van der Waals surface area contributed by atoms with Gasteiger partial charge in [-0.3, -0.25) is 4.79 Å². The highest BCUT2D eigenvalue weighted by atomic mass is 35.5. The number of nitrogens with zero attached hydrogens (tertiary/aromatic N) is 1. The minimum absolute atomic E-state index is 0. The van der Waals surface area contributed by atoms with Crippen molar-refractivity contribution in [2.24, 2.45) is 17.6 Å². The maximum Gasteiger partial charge on any atom is 0.227 e. The molecule has 1 heterocycles. The molecular formula is C16H21ClF2N2O. The lowest BCUT2D eigenvalue weighted by Crippen LogP contribution is -2.38. The van der Waals surface area contributed by atoms with Crippen molar-refractivity contribution in [2.75, 3.05) is 13.1 Å². The summed E-state index contributed by atoms with van der Waals surface area (Å²) >= 11 is 0. The van der Waals surface area contributed by atoms with Crippen molar-refractivity contribution in [1.29, 1.82) is 0 Å². The van der Waals surface area contributed by atoms with E-state index in [-0.39, 0.29) is 36.3 Å². The molecule has 1 aliphatic carbocycles. The van der Waals surface area contributed by atoms with E-state index in [1.54, 1.807) is 4.90 Å². The van der Waals surface area contributed by atoms with Gasteiger partial charge in [0.05, 0.1) is 6.42 Å². The topological polar surface area (TPSA) is 46.3 Å². The molecule has 1 saturated carbocycles. The van der Waals surface area contributed by atoms with E-state index in [0.29, 0.717) is 18.4 Å². The zero-order valence-electron chi connectivity index (χ0n) is 12.3. The van der Waals surface area contributed by atoms with E-state index in [1.807, 2.05) is 0 Å². The Kier molecular flexibility index (Phi) is 5.40. The summed E-state index contributed by atoms with van der Waals surface area (Å²) in [4.78, 5) is 14.1. The quantitative estimate of drug-likeness (QED) is 0.905. The maximum atomic E-state index is 13.6. The molecule has 22 heavy (non-hydrogen) atoms. The Hall–Kier alpha value is -1.20. The number of rotatable bonds is 2. The lowest BCUT2D eigenvalue weighted by Gasteiger charge is -2.29. The van der Waals surface area contributed by atoms with E-state index in [1.165, 1.54) is 12.1 Å². The van der Waals surface area contributed by atoms with Crippen LogP contribution < -0.4 is 5.73 Å². The second kappa shape index (κ2) is 6.92. The summed E-state index contributed by atoms with van der Waals surface area (Å²) in [6.07, 6.45) is 3.25. The highest BCUT2D eigenvalue weighted by Crippen LogP contribution is 2.35. The molecule has 3 rings (SSSR count). The highest BCUT2D eigenvalue weighted by Gasteiger charge is 2.40. The number of halogens is 3. The molecule has 1 amide bonds. The van der Waals surface area contributed by atoms with Crippen LogP contribution in [-0.4, -0.2) is 29.9 Å². The van der Waals surface area contributed by atoms with Crippen LogP contribution >= 0.6 is 12.4 Å². The van der Waals surface area contributed by atoms with Crippen LogP contribution in [0, 0.1) is 23.5 Å². The Bertz CT molecular complexity index is 555. The first-order valence-electron chi connectivity index (χ1n) is 7.52. The van der Waals surface area contributed by atoms with Gasteiger partial charge >= 0.3 is 0 Å². The van der Waals surface area contributed by atoms with Crippen LogP contribution in [0.2, 0.25) is 0 Å². The highest BCUT2D eigenvalue weighted by molar-refractivity contribution is 5.85. The Morgan fingerprint density at radius 2 is 2.05 bits per heavy atom. The Balaban J connectivity index is 0.00000176. The second-order valence-corrected chi connectivity index (χ2v) is 6.23. The monoisotopic (exact) mass is 330 g/mol. The van der Waals surface area contributed by atoms with E-state index < -0.39 is 11.6 Å². The number of nitrogens with two attached hydrogens (primary N) is 1. The van der Waals surface area contributed by atoms with Crippen LogP contribution in [0.15, 0.2) is 18.2 Å². The number of benzene rings is 1. The first-order valence-corrected chi connectivity index (χ1v) is 7.52. The third-order valence-electron chi connectivity index (χ3n) is 4.86. The van der Waals surface area contributed by atoms with Gasteiger partial charge in [0.25, 0.3) is 0 Å². The largest absolute Gasteiger partial charge is 0.342 e. The number of hydrogen-bond donors (Lipinski definition) is 1. The van der Waals surface area contributed by atoms with Gasteiger partial charge in [0, 0.05) is 25.2 Å². The molecule has 6 heteroatoms. The molecule has 1 aliphatic heterocycles. The Labute approximate surface area is 135 Å². The van der Waals surface area contributed by atoms with Gasteiger partial charge < -0.3 is 10.6 Å². The summed E-state index contributed by atoms with van der Waals surface area (Å²) in [6, 6.07) is 3.52. The molecule has 3 unspecified atom stereocenters. The summed E-state index contributed by atoms with van der Waals surface area (Å²) in [7, 11) is 0. The first-order chi connectivity index (χ1) is 10.0. The van der Waals surface area contributed by atoms with Gasteiger partial charge in [-0.25, -0.2) is 8.78 Å². The molecule has 3 atom stereocenters. The molecule has 1 saturated heterocycles. The van der Waals surface area contributed by atoms with Crippen molar-refractivity contribution in [3.05, 3.63) is 35.4 Å². The van der Waals surface area contributed by atoms with E-state index in [9.17, 15) is 13.6 Å². The van der Waals surface area contributed by atoms with Gasteiger partial charge in [0.2, 0.25) is 5.91 Å².